The Balaban J connectivity index is 2.52. The number of hydrogen-bond acceptors (Lipinski definition) is 8. The lowest BCUT2D eigenvalue weighted by molar-refractivity contribution is -0.248. The molecule has 0 radical (unpaired) electrons. The van der Waals surface area contributed by atoms with Gasteiger partial charge in [0.05, 0.1) is 7.11 Å². The number of aromatic amines is 1. The minimum Gasteiger partial charge on any atom is -0.467 e. The Hall–Kier alpha value is -1.59. The predicted molar refractivity (Wildman–Crippen MR) is 83.8 cm³/mol. The molecule has 0 amide bonds. The number of carbonyl (C=O) groups excluding carboxylic acids is 1. The van der Waals surface area contributed by atoms with Crippen LogP contribution in [0.2, 0.25) is 0 Å². The van der Waals surface area contributed by atoms with E-state index in [1.54, 1.807) is 0 Å². The molecule has 1 saturated heterocycles. The second-order valence-electron chi connectivity index (χ2n) is 5.49. The maximum Gasteiger partial charge on any atom is 0.337 e. The molecule has 1 aromatic rings. The standard InChI is InChI=1S/C14H20N2O7S/c1-3-4-6-5-7(17)15-14(24)16(6)12-10(20)8(18)9(19)11(23-12)13(21)22-2/h5,8-12,18-20H,3-4H2,1-2H3,(H,15,17,24)/t8-,9-,10-,11?,12+/m0/s1. The summed E-state index contributed by atoms with van der Waals surface area (Å²) in [5.74, 6) is -0.897. The first-order valence-electron chi connectivity index (χ1n) is 7.44. The number of H-pyrrole nitrogens is 1. The van der Waals surface area contributed by atoms with E-state index >= 15 is 0 Å². The van der Waals surface area contributed by atoms with Crippen molar-refractivity contribution in [3.8, 4) is 0 Å². The van der Waals surface area contributed by atoms with E-state index < -0.39 is 42.2 Å². The molecule has 24 heavy (non-hydrogen) atoms. The minimum atomic E-state index is -1.66. The van der Waals surface area contributed by atoms with Crippen molar-refractivity contribution in [1.29, 1.82) is 0 Å². The number of nitrogens with zero attached hydrogens (tertiary/aromatic N) is 1. The van der Waals surface area contributed by atoms with E-state index in [-0.39, 0.29) is 4.77 Å². The average Bonchev–Trinajstić information content (AvgIpc) is 2.53. The van der Waals surface area contributed by atoms with Gasteiger partial charge in [-0.1, -0.05) is 13.3 Å². The highest BCUT2D eigenvalue weighted by molar-refractivity contribution is 7.71. The maximum absolute atomic E-state index is 11.8. The molecule has 10 heteroatoms. The third-order valence-corrected chi connectivity index (χ3v) is 4.14. The summed E-state index contributed by atoms with van der Waals surface area (Å²) in [6.45, 7) is 1.89. The second kappa shape index (κ2) is 7.53. The minimum absolute atomic E-state index is 0.0257. The molecule has 1 aromatic heterocycles. The van der Waals surface area contributed by atoms with Gasteiger partial charge in [0.25, 0.3) is 5.56 Å². The third kappa shape index (κ3) is 3.42. The van der Waals surface area contributed by atoms with Crippen molar-refractivity contribution in [1.82, 2.24) is 9.55 Å². The van der Waals surface area contributed by atoms with E-state index in [0.717, 1.165) is 7.11 Å². The monoisotopic (exact) mass is 360 g/mol. The number of esters is 1. The Morgan fingerprint density at radius 3 is 2.62 bits per heavy atom. The fourth-order valence-electron chi connectivity index (χ4n) is 2.67. The van der Waals surface area contributed by atoms with E-state index in [9.17, 15) is 24.9 Å². The van der Waals surface area contributed by atoms with Crippen LogP contribution in [0, 0.1) is 4.77 Å². The van der Waals surface area contributed by atoms with Crippen molar-refractivity contribution in [2.24, 2.45) is 0 Å². The van der Waals surface area contributed by atoms with Crippen LogP contribution < -0.4 is 5.56 Å². The Morgan fingerprint density at radius 2 is 2.04 bits per heavy atom. The molecule has 0 bridgehead atoms. The van der Waals surface area contributed by atoms with Gasteiger partial charge in [0.15, 0.2) is 17.1 Å². The fourth-order valence-corrected chi connectivity index (χ4v) is 2.99. The van der Waals surface area contributed by atoms with Crippen LogP contribution in [0.15, 0.2) is 10.9 Å². The topological polar surface area (TPSA) is 134 Å². The van der Waals surface area contributed by atoms with Crippen molar-refractivity contribution in [3.05, 3.63) is 26.9 Å². The number of methoxy groups -OCH3 is 1. The first kappa shape index (κ1) is 18.7. The summed E-state index contributed by atoms with van der Waals surface area (Å²) < 4.78 is 11.3. The van der Waals surface area contributed by atoms with Crippen LogP contribution in [0.25, 0.3) is 0 Å². The fraction of sp³-hybridized carbons (Fsp3) is 0.643. The van der Waals surface area contributed by atoms with E-state index in [1.165, 1.54) is 10.6 Å². The van der Waals surface area contributed by atoms with Crippen LogP contribution in [-0.2, 0) is 20.7 Å². The molecule has 2 heterocycles. The Morgan fingerprint density at radius 1 is 1.38 bits per heavy atom. The first-order chi connectivity index (χ1) is 11.3. The van der Waals surface area contributed by atoms with Gasteiger partial charge in [-0.25, -0.2) is 4.79 Å². The number of aromatic nitrogens is 2. The average molecular weight is 360 g/mol. The van der Waals surface area contributed by atoms with Crippen molar-refractivity contribution in [2.75, 3.05) is 7.11 Å². The van der Waals surface area contributed by atoms with E-state index in [2.05, 4.69) is 9.72 Å². The van der Waals surface area contributed by atoms with E-state index in [0.29, 0.717) is 18.5 Å². The van der Waals surface area contributed by atoms with Crippen molar-refractivity contribution in [3.63, 3.8) is 0 Å². The first-order valence-corrected chi connectivity index (χ1v) is 7.84. The summed E-state index contributed by atoms with van der Waals surface area (Å²) >= 11 is 5.13. The lowest BCUT2D eigenvalue weighted by Gasteiger charge is -2.40. The van der Waals surface area contributed by atoms with Crippen LogP contribution in [-0.4, -0.2) is 62.4 Å². The summed E-state index contributed by atoms with van der Waals surface area (Å²) in [5, 5.41) is 30.3. The summed E-state index contributed by atoms with van der Waals surface area (Å²) in [5.41, 5.74) is 0.0672. The summed E-state index contributed by atoms with van der Waals surface area (Å²) in [6, 6.07) is 1.31. The molecule has 9 nitrogen and oxygen atoms in total. The van der Waals surface area contributed by atoms with Crippen molar-refractivity contribution < 1.29 is 29.6 Å². The van der Waals surface area contributed by atoms with Crippen LogP contribution in [0.3, 0.4) is 0 Å². The van der Waals surface area contributed by atoms with Crippen LogP contribution in [0.4, 0.5) is 0 Å². The third-order valence-electron chi connectivity index (χ3n) is 3.84. The zero-order valence-corrected chi connectivity index (χ0v) is 14.0. The lowest BCUT2D eigenvalue weighted by atomic mass is 9.97. The molecule has 134 valence electrons. The molecule has 1 aliphatic rings. The van der Waals surface area contributed by atoms with Crippen molar-refractivity contribution in [2.45, 2.75) is 50.4 Å². The van der Waals surface area contributed by atoms with Gasteiger partial charge in [-0.2, -0.15) is 0 Å². The Kier molecular flexibility index (Phi) is 5.88. The van der Waals surface area contributed by atoms with Crippen LogP contribution in [0.1, 0.15) is 25.3 Å². The smallest absolute Gasteiger partial charge is 0.337 e. The molecule has 0 aromatic carbocycles. The van der Waals surface area contributed by atoms with Crippen LogP contribution >= 0.6 is 12.2 Å². The molecule has 4 N–H and O–H groups in total. The number of aliphatic hydroxyl groups excluding tert-OH is 3. The predicted octanol–water partition coefficient (Wildman–Crippen LogP) is -0.989. The van der Waals surface area contributed by atoms with Gasteiger partial charge in [-0.05, 0) is 18.6 Å². The lowest BCUT2D eigenvalue weighted by Crippen LogP contribution is -2.58. The molecule has 1 unspecified atom stereocenters. The van der Waals surface area contributed by atoms with Gasteiger partial charge in [-0.3, -0.25) is 14.3 Å². The molecule has 1 fully saturated rings. The molecule has 5 atom stereocenters. The maximum atomic E-state index is 11.8. The SMILES string of the molecule is CCCc1cc(=O)[nH]c(=S)n1[C@@H]1OC(C(=O)OC)[C@@H](O)[C@H](O)[C@@H]1O. The summed E-state index contributed by atoms with van der Waals surface area (Å²) in [4.78, 5) is 25.8. The normalized spacial score (nSPS) is 30.1. The number of ether oxygens (including phenoxy) is 2. The van der Waals surface area contributed by atoms with Gasteiger partial charge in [0, 0.05) is 11.8 Å². The number of hydrogen-bond donors (Lipinski definition) is 4. The van der Waals surface area contributed by atoms with E-state index in [1.807, 2.05) is 6.92 Å². The molecular formula is C14H20N2O7S. The summed E-state index contributed by atoms with van der Waals surface area (Å²) in [6.07, 6.45) is -6.49. The van der Waals surface area contributed by atoms with Gasteiger partial charge >= 0.3 is 5.97 Å². The van der Waals surface area contributed by atoms with Gasteiger partial charge in [0.1, 0.15) is 18.3 Å². The zero-order chi connectivity index (χ0) is 18.0. The molecule has 1 aliphatic heterocycles. The number of nitrogens with one attached hydrogen (secondary N) is 1. The Bertz CT molecular complexity index is 716. The zero-order valence-electron chi connectivity index (χ0n) is 13.2. The Labute approximate surface area is 142 Å². The highest BCUT2D eigenvalue weighted by Gasteiger charge is 2.48. The quantitative estimate of drug-likeness (QED) is 0.397. The number of aryl methyl sites for hydroxylation is 1. The van der Waals surface area contributed by atoms with Crippen molar-refractivity contribution >= 4 is 18.2 Å². The molecule has 0 spiro atoms. The highest BCUT2D eigenvalue weighted by Crippen LogP contribution is 2.30. The molecule has 0 aliphatic carbocycles. The highest BCUT2D eigenvalue weighted by atomic mass is 32.1. The number of rotatable bonds is 4. The second-order valence-corrected chi connectivity index (χ2v) is 5.88. The van der Waals surface area contributed by atoms with Gasteiger partial charge < -0.3 is 24.8 Å². The largest absolute Gasteiger partial charge is 0.467 e. The molecular weight excluding hydrogens is 340 g/mol. The van der Waals surface area contributed by atoms with E-state index in [4.69, 9.17) is 17.0 Å². The van der Waals surface area contributed by atoms with Gasteiger partial charge in [0.2, 0.25) is 0 Å². The number of aliphatic hydroxyl groups is 3. The molecule has 2 rings (SSSR count). The number of carbonyl (C=O) groups is 1. The van der Waals surface area contributed by atoms with Crippen LogP contribution in [0.5, 0.6) is 0 Å². The summed E-state index contributed by atoms with van der Waals surface area (Å²) in [7, 11) is 1.11. The molecule has 0 saturated carbocycles. The van der Waals surface area contributed by atoms with Gasteiger partial charge in [-0.15, -0.1) is 0 Å².